The van der Waals surface area contributed by atoms with Gasteiger partial charge in [-0.2, -0.15) is 0 Å². The first-order valence-corrected chi connectivity index (χ1v) is 16.2. The molecule has 3 heterocycles. The average Bonchev–Trinajstić information content (AvgIpc) is 3.64. The third kappa shape index (κ3) is 6.69. The number of hydrogen-bond acceptors (Lipinski definition) is 7. The molecule has 11 heteroatoms. The summed E-state index contributed by atoms with van der Waals surface area (Å²) in [6, 6.07) is 3.58. The fourth-order valence-electron chi connectivity index (χ4n) is 7.28. The van der Waals surface area contributed by atoms with Gasteiger partial charge in [0.2, 0.25) is 11.8 Å². The van der Waals surface area contributed by atoms with E-state index in [-0.39, 0.29) is 37.9 Å². The summed E-state index contributed by atoms with van der Waals surface area (Å²) in [5.41, 5.74) is -0.00994. The molecule has 246 valence electrons. The van der Waals surface area contributed by atoms with E-state index < -0.39 is 59.5 Å². The van der Waals surface area contributed by atoms with Crippen LogP contribution in [0.4, 0.5) is 5.69 Å². The Bertz CT molecular complexity index is 1300. The third-order valence-electron chi connectivity index (χ3n) is 9.11. The molecule has 0 unspecified atom stereocenters. The maximum Gasteiger partial charge on any atom is 0.312 e. The zero-order valence-electron chi connectivity index (χ0n) is 26.7. The monoisotopic (exact) mass is 643 g/mol. The van der Waals surface area contributed by atoms with Gasteiger partial charge in [-0.25, -0.2) is 0 Å². The first-order chi connectivity index (χ1) is 21.4. The molecular weight excluding hydrogens is 598 g/mol. The fraction of sp³-hybridized carbons (Fsp3) is 0.588. The van der Waals surface area contributed by atoms with Crippen LogP contribution in [-0.2, 0) is 28.7 Å². The topological polar surface area (TPSA) is 125 Å². The smallest absolute Gasteiger partial charge is 0.312 e. The van der Waals surface area contributed by atoms with Crippen LogP contribution in [0, 0.1) is 24.7 Å². The molecule has 1 aromatic rings. The molecule has 3 aliphatic rings. The molecular formula is C34H46ClN3O7. The Kier molecular flexibility index (Phi) is 11.2. The van der Waals surface area contributed by atoms with Crippen LogP contribution in [0.25, 0.3) is 0 Å². The Morgan fingerprint density at radius 3 is 2.62 bits per heavy atom. The number of amides is 3. The number of fused-ring (bicyclic) bond motifs is 1. The van der Waals surface area contributed by atoms with Gasteiger partial charge in [-0.05, 0) is 57.1 Å². The van der Waals surface area contributed by atoms with Crippen LogP contribution in [0.3, 0.4) is 0 Å². The second-order valence-corrected chi connectivity index (χ2v) is 13.2. The van der Waals surface area contributed by atoms with Crippen molar-refractivity contribution in [3.8, 4) is 0 Å². The number of hydrogen-bond donors (Lipinski definition) is 2. The van der Waals surface area contributed by atoms with E-state index in [1.165, 1.54) is 9.80 Å². The number of aliphatic hydroxyl groups excluding tert-OH is 1. The van der Waals surface area contributed by atoms with Gasteiger partial charge in [0.1, 0.15) is 17.7 Å². The Hall–Kier alpha value is -3.21. The van der Waals surface area contributed by atoms with Crippen LogP contribution in [0.5, 0.6) is 0 Å². The summed E-state index contributed by atoms with van der Waals surface area (Å²) in [5.74, 6) is -3.38. The summed E-state index contributed by atoms with van der Waals surface area (Å²) in [5, 5.41) is 13.7. The van der Waals surface area contributed by atoms with Gasteiger partial charge in [-0.3, -0.25) is 19.2 Å². The van der Waals surface area contributed by atoms with Gasteiger partial charge in [0.05, 0.1) is 47.8 Å². The quantitative estimate of drug-likeness (QED) is 0.219. The SMILES string of the molecule is C=CCCC(=O)NC[C@H](C)OC(=O)[C@@H]1[C@H]2C(=O)N([C@@H](CO)CC(C)C)[C@H](C(=O)N(CC=C)c3c(C)cccc3Cl)[C@]23CC[C@H]1O3. The predicted octanol–water partition coefficient (Wildman–Crippen LogP) is 3.96. The minimum atomic E-state index is -1.29. The molecule has 0 aliphatic carbocycles. The highest BCUT2D eigenvalue weighted by Gasteiger charge is 2.75. The summed E-state index contributed by atoms with van der Waals surface area (Å²) >= 11 is 6.63. The number of anilines is 1. The van der Waals surface area contributed by atoms with E-state index in [0.29, 0.717) is 36.4 Å². The zero-order chi connectivity index (χ0) is 33.1. The first kappa shape index (κ1) is 34.7. The molecule has 1 aromatic carbocycles. The number of allylic oxidation sites excluding steroid dienone is 1. The number of rotatable bonds is 15. The van der Waals surface area contributed by atoms with Crippen molar-refractivity contribution in [1.82, 2.24) is 10.2 Å². The Morgan fingerprint density at radius 1 is 1.27 bits per heavy atom. The van der Waals surface area contributed by atoms with Crippen molar-refractivity contribution < 1.29 is 33.8 Å². The van der Waals surface area contributed by atoms with E-state index in [9.17, 15) is 24.3 Å². The normalized spacial score (nSPS) is 26.4. The molecule has 10 nitrogen and oxygen atoms in total. The Labute approximate surface area is 270 Å². The number of benzene rings is 1. The summed E-state index contributed by atoms with van der Waals surface area (Å²) in [4.78, 5) is 58.1. The van der Waals surface area contributed by atoms with Crippen molar-refractivity contribution in [1.29, 1.82) is 0 Å². The van der Waals surface area contributed by atoms with E-state index in [2.05, 4.69) is 18.5 Å². The van der Waals surface area contributed by atoms with Crippen molar-refractivity contribution in [3.63, 3.8) is 0 Å². The molecule has 2 bridgehead atoms. The molecule has 7 atom stereocenters. The van der Waals surface area contributed by atoms with Gasteiger partial charge >= 0.3 is 5.97 Å². The molecule has 0 saturated carbocycles. The van der Waals surface area contributed by atoms with Crippen LogP contribution < -0.4 is 10.2 Å². The minimum absolute atomic E-state index is 0.110. The average molecular weight is 644 g/mol. The van der Waals surface area contributed by atoms with E-state index in [1.807, 2.05) is 26.8 Å². The zero-order valence-corrected chi connectivity index (χ0v) is 27.4. The van der Waals surface area contributed by atoms with Crippen LogP contribution in [0.2, 0.25) is 5.02 Å². The summed E-state index contributed by atoms with van der Waals surface area (Å²) < 4.78 is 12.3. The second kappa shape index (κ2) is 14.5. The lowest BCUT2D eigenvalue weighted by Gasteiger charge is -2.40. The molecule has 3 amide bonds. The number of ether oxygens (including phenoxy) is 2. The fourth-order valence-corrected chi connectivity index (χ4v) is 7.61. The first-order valence-electron chi connectivity index (χ1n) is 15.8. The van der Waals surface area contributed by atoms with E-state index in [4.69, 9.17) is 21.1 Å². The number of aryl methyl sites for hydroxylation is 1. The van der Waals surface area contributed by atoms with Crippen molar-refractivity contribution in [3.05, 3.63) is 54.1 Å². The molecule has 0 radical (unpaired) electrons. The standard InChI is InChI=1S/C34H46ClN3O7/c1-7-9-13-26(40)36-18-22(6)44-33(43)27-25-14-15-34(45-25)28(27)31(41)38(23(19-39)17-20(3)4)30(34)32(42)37(16-8-2)29-21(5)11-10-12-24(29)35/h7-8,10-12,20,22-23,25,27-28,30,39H,1-2,9,13-19H2,3-6H3,(H,36,40)/t22-,23+,25+,27-,28-,30+,34-/m0/s1. The largest absolute Gasteiger partial charge is 0.460 e. The number of nitrogens with zero attached hydrogens (tertiary/aromatic N) is 2. The number of nitrogens with one attached hydrogen (secondary N) is 1. The number of esters is 1. The summed E-state index contributed by atoms with van der Waals surface area (Å²) in [7, 11) is 0. The number of carbonyl (C=O) groups excluding carboxylic acids is 4. The molecule has 3 saturated heterocycles. The van der Waals surface area contributed by atoms with Gasteiger partial charge < -0.3 is 29.7 Å². The molecule has 45 heavy (non-hydrogen) atoms. The highest BCUT2D eigenvalue weighted by molar-refractivity contribution is 6.34. The number of para-hydroxylation sites is 1. The number of carbonyl (C=O) groups is 4. The third-order valence-corrected chi connectivity index (χ3v) is 9.41. The lowest BCUT2D eigenvalue weighted by molar-refractivity contribution is -0.159. The number of likely N-dealkylation sites (tertiary alicyclic amines) is 1. The molecule has 1 spiro atoms. The van der Waals surface area contributed by atoms with Crippen molar-refractivity contribution in [2.45, 2.75) is 89.7 Å². The van der Waals surface area contributed by atoms with Gasteiger partial charge in [0.15, 0.2) is 0 Å². The van der Waals surface area contributed by atoms with E-state index >= 15 is 0 Å². The molecule has 3 aliphatic heterocycles. The highest BCUT2D eigenvalue weighted by atomic mass is 35.5. The van der Waals surface area contributed by atoms with Gasteiger partial charge in [-0.15, -0.1) is 13.2 Å². The highest BCUT2D eigenvalue weighted by Crippen LogP contribution is 2.59. The van der Waals surface area contributed by atoms with Crippen LogP contribution >= 0.6 is 11.6 Å². The number of aliphatic hydroxyl groups is 1. The lowest BCUT2D eigenvalue weighted by Crippen LogP contribution is -2.59. The molecule has 0 aromatic heterocycles. The second-order valence-electron chi connectivity index (χ2n) is 12.8. The van der Waals surface area contributed by atoms with Crippen molar-refractivity contribution >= 4 is 41.0 Å². The predicted molar refractivity (Wildman–Crippen MR) is 172 cm³/mol. The van der Waals surface area contributed by atoms with Crippen LogP contribution in [-0.4, -0.2) is 83.3 Å². The number of halogens is 1. The summed E-state index contributed by atoms with van der Waals surface area (Å²) in [6.45, 7) is 14.8. The van der Waals surface area contributed by atoms with Gasteiger partial charge in [0.25, 0.3) is 5.91 Å². The van der Waals surface area contributed by atoms with Gasteiger partial charge in [0, 0.05) is 13.0 Å². The Balaban J connectivity index is 1.70. The molecule has 3 fully saturated rings. The molecule has 2 N–H and O–H groups in total. The maximum absolute atomic E-state index is 14.8. The lowest BCUT2D eigenvalue weighted by atomic mass is 9.70. The minimum Gasteiger partial charge on any atom is -0.460 e. The van der Waals surface area contributed by atoms with E-state index in [0.717, 1.165) is 5.56 Å². The van der Waals surface area contributed by atoms with E-state index in [1.54, 1.807) is 31.2 Å². The van der Waals surface area contributed by atoms with Crippen molar-refractivity contribution in [2.24, 2.45) is 17.8 Å². The summed E-state index contributed by atoms with van der Waals surface area (Å²) in [6.07, 6.45) is 4.12. The Morgan fingerprint density at radius 2 is 2.00 bits per heavy atom. The molecule has 4 rings (SSSR count). The maximum atomic E-state index is 14.8. The van der Waals surface area contributed by atoms with Crippen molar-refractivity contribution in [2.75, 3.05) is 24.6 Å². The van der Waals surface area contributed by atoms with Gasteiger partial charge in [-0.1, -0.05) is 49.7 Å². The van der Waals surface area contributed by atoms with Crippen LogP contribution in [0.1, 0.15) is 58.4 Å². The van der Waals surface area contributed by atoms with Crippen LogP contribution in [0.15, 0.2) is 43.5 Å².